The van der Waals surface area contributed by atoms with Crippen molar-refractivity contribution in [2.45, 2.75) is 58.5 Å². The van der Waals surface area contributed by atoms with Gasteiger partial charge in [-0.1, -0.05) is 30.8 Å². The average Bonchev–Trinajstić information content (AvgIpc) is 2.26. The maximum Gasteiger partial charge on any atom is 0.297 e. The Balaban J connectivity index is 1.27. The second-order valence-corrected chi connectivity index (χ2v) is 22.4. The Kier molecular flexibility index (Phi) is 21.3. The van der Waals surface area contributed by atoms with E-state index in [1.807, 2.05) is 46.8 Å². The summed E-state index contributed by atoms with van der Waals surface area (Å²) in [6, 6.07) is 23.9. The van der Waals surface area contributed by atoms with Crippen molar-refractivity contribution >= 4 is 153 Å². The predicted molar refractivity (Wildman–Crippen MR) is 328 cm³/mol. The highest BCUT2D eigenvalue weighted by Crippen LogP contribution is 2.44. The first-order valence-electron chi connectivity index (χ1n) is 25.9. The number of ketones is 2. The molecule has 0 spiro atoms. The third-order valence-corrected chi connectivity index (χ3v) is 15.9. The number of carbonyl (C=O) groups excluding carboxylic acids is 4. The summed E-state index contributed by atoms with van der Waals surface area (Å²) in [5, 5.41) is 39.6. The molecular formula is C57H53F2N15O7S4. The number of benzene rings is 4. The van der Waals surface area contributed by atoms with Gasteiger partial charge >= 0.3 is 0 Å². The van der Waals surface area contributed by atoms with Crippen LogP contribution in [0.3, 0.4) is 0 Å². The van der Waals surface area contributed by atoms with Gasteiger partial charge in [0.2, 0.25) is 17.6 Å². The third-order valence-electron chi connectivity index (χ3n) is 12.1. The van der Waals surface area contributed by atoms with Crippen molar-refractivity contribution in [3.8, 4) is 6.07 Å². The number of thioether (sulfide) groups is 1. The van der Waals surface area contributed by atoms with Gasteiger partial charge in [0.15, 0.2) is 21.7 Å². The first-order chi connectivity index (χ1) is 40.7. The van der Waals surface area contributed by atoms with Crippen LogP contribution in [0.25, 0.3) is 17.0 Å². The number of aromatic nitrogens is 3. The lowest BCUT2D eigenvalue weighted by Gasteiger charge is -2.22. The molecule has 3 aromatic heterocycles. The summed E-state index contributed by atoms with van der Waals surface area (Å²) in [5.74, 6) is -3.79. The van der Waals surface area contributed by atoms with Crippen molar-refractivity contribution in [1.82, 2.24) is 15.0 Å². The normalized spacial score (nSPS) is 11.8. The van der Waals surface area contributed by atoms with Gasteiger partial charge in [0, 0.05) is 53.8 Å². The Labute approximate surface area is 500 Å². The smallest absolute Gasteiger partial charge is 0.297 e. The van der Waals surface area contributed by atoms with Crippen LogP contribution in [-0.2, 0) is 29.3 Å². The lowest BCUT2D eigenvalue weighted by molar-refractivity contribution is -0.120. The summed E-state index contributed by atoms with van der Waals surface area (Å²) in [4.78, 5) is 73.0. The third kappa shape index (κ3) is 16.2. The van der Waals surface area contributed by atoms with Gasteiger partial charge in [-0.05, 0) is 138 Å². The molecule has 0 atom stereocenters. The molecule has 0 aliphatic rings. The zero-order valence-electron chi connectivity index (χ0n) is 46.6. The summed E-state index contributed by atoms with van der Waals surface area (Å²) in [6.07, 6.45) is 2.22. The minimum atomic E-state index is -5.21. The van der Waals surface area contributed by atoms with Crippen LogP contribution in [0.2, 0.25) is 0 Å². The van der Waals surface area contributed by atoms with E-state index in [0.717, 1.165) is 53.9 Å². The molecule has 3 heterocycles. The van der Waals surface area contributed by atoms with Crippen LogP contribution in [0.5, 0.6) is 0 Å². The zero-order chi connectivity index (χ0) is 61.5. The number of halogens is 2. The molecule has 22 nitrogen and oxygen atoms in total. The second kappa shape index (κ2) is 28.7. The average molecular weight is 1230 g/mol. The second-order valence-electron chi connectivity index (χ2n) is 17.8. The predicted octanol–water partition coefficient (Wildman–Crippen LogP) is 14.3. The Morgan fingerprint density at radius 2 is 1.20 bits per heavy atom. The number of hydrogen-bond donors (Lipinski definition) is 5. The number of nitriles is 1. The number of anilines is 8. The van der Waals surface area contributed by atoms with Crippen molar-refractivity contribution in [3.63, 3.8) is 0 Å². The quantitative estimate of drug-likeness (QED) is 0.00676. The molecule has 7 rings (SSSR count). The summed E-state index contributed by atoms with van der Waals surface area (Å²) < 4.78 is 64.1. The fourth-order valence-corrected chi connectivity index (χ4v) is 11.7. The van der Waals surface area contributed by atoms with Crippen LogP contribution < -0.4 is 31.1 Å². The van der Waals surface area contributed by atoms with Gasteiger partial charge in [0.1, 0.15) is 44.5 Å². The van der Waals surface area contributed by atoms with Crippen LogP contribution in [0.1, 0.15) is 63.8 Å². The molecule has 2 amide bonds. The highest BCUT2D eigenvalue weighted by molar-refractivity contribution is 7.99. The number of hydrogen-bond acceptors (Lipinski definition) is 21. The molecule has 4 aromatic carbocycles. The van der Waals surface area contributed by atoms with E-state index < -0.39 is 66.0 Å². The Hall–Kier alpha value is -9.45. The van der Waals surface area contributed by atoms with Gasteiger partial charge in [-0.3, -0.25) is 23.7 Å². The van der Waals surface area contributed by atoms with E-state index in [4.69, 9.17) is 16.5 Å². The van der Waals surface area contributed by atoms with Crippen molar-refractivity contribution in [2.75, 3.05) is 63.0 Å². The molecule has 28 heteroatoms. The first kappa shape index (κ1) is 63.1. The zero-order valence-corrected chi connectivity index (χ0v) is 49.8. The highest BCUT2D eigenvalue weighted by Gasteiger charge is 2.29. The molecule has 0 aliphatic heterocycles. The van der Waals surface area contributed by atoms with E-state index in [0.29, 0.717) is 64.7 Å². The number of Topliss-reactive ketones (excluding diaryl/α,β-unsaturated/α-hetero) is 2. The van der Waals surface area contributed by atoms with Crippen LogP contribution in [-0.4, -0.2) is 83.2 Å². The van der Waals surface area contributed by atoms with E-state index in [-0.39, 0.29) is 55.9 Å². The SMILES string of the molecule is [C-]#[N+]c1cc(/C=C(\C(C)=O)C(=O)Nc2cccc(F)c2)sc1N=Nc1ccc(N(CC)CC)cc1Nc1nc(Nc2cc(N(CC)CC)ccc2N=Nc2sc(/C=C(/C(C)=O)C(=O)Nc3cccc(F)c3)c(S(=O)(=O)O)c2C#N)nc(SCC)n1. The molecule has 0 radical (unpaired) electrons. The van der Waals surface area contributed by atoms with Crippen molar-refractivity contribution in [2.24, 2.45) is 20.5 Å². The fourth-order valence-electron chi connectivity index (χ4n) is 8.11. The molecule has 0 saturated carbocycles. The van der Waals surface area contributed by atoms with E-state index in [9.17, 15) is 46.2 Å². The van der Waals surface area contributed by atoms with Crippen LogP contribution in [0.4, 0.5) is 81.9 Å². The molecule has 85 heavy (non-hydrogen) atoms. The summed E-state index contributed by atoms with van der Waals surface area (Å²) in [5.41, 5.74) is 1.47. The van der Waals surface area contributed by atoms with Gasteiger partial charge in [-0.15, -0.1) is 38.0 Å². The highest BCUT2D eigenvalue weighted by atomic mass is 32.2. The van der Waals surface area contributed by atoms with E-state index >= 15 is 0 Å². The fraction of sp³-hybridized carbons (Fsp3) is 0.211. The maximum atomic E-state index is 14.0. The van der Waals surface area contributed by atoms with Gasteiger partial charge < -0.3 is 31.1 Å². The van der Waals surface area contributed by atoms with E-state index in [1.165, 1.54) is 61.2 Å². The summed E-state index contributed by atoms with van der Waals surface area (Å²) in [7, 11) is -5.21. The molecule has 7 aromatic rings. The Bertz CT molecular complexity index is 4050. The molecule has 0 unspecified atom stereocenters. The minimum absolute atomic E-state index is 0.00237. The largest absolute Gasteiger partial charge is 0.372 e. The first-order valence-corrected chi connectivity index (χ1v) is 29.9. The maximum absolute atomic E-state index is 14.0. The number of amides is 2. The van der Waals surface area contributed by atoms with E-state index in [1.54, 1.807) is 30.3 Å². The Morgan fingerprint density at radius 1 is 0.706 bits per heavy atom. The number of nitrogens with zero attached hydrogens (tertiary/aromatic N) is 11. The number of azo groups is 2. The van der Waals surface area contributed by atoms with Gasteiger partial charge in [0.25, 0.3) is 21.9 Å². The molecule has 0 aliphatic carbocycles. The number of rotatable bonds is 25. The minimum Gasteiger partial charge on any atom is -0.372 e. The molecular weight excluding hydrogens is 1170 g/mol. The molecule has 5 N–H and O–H groups in total. The number of nitrogens with one attached hydrogen (secondary N) is 4. The number of thiophene rings is 2. The van der Waals surface area contributed by atoms with Crippen LogP contribution in [0.15, 0.2) is 133 Å². The van der Waals surface area contributed by atoms with E-state index in [2.05, 4.69) is 61.4 Å². The van der Waals surface area contributed by atoms with Crippen LogP contribution >= 0.6 is 34.4 Å². The lowest BCUT2D eigenvalue weighted by Crippen LogP contribution is -2.21. The summed E-state index contributed by atoms with van der Waals surface area (Å²) in [6.45, 7) is 22.6. The van der Waals surface area contributed by atoms with Gasteiger partial charge in [-0.25, -0.2) is 13.6 Å². The topological polar surface area (TPSA) is 294 Å². The molecule has 0 bridgehead atoms. The summed E-state index contributed by atoms with van der Waals surface area (Å²) >= 11 is 2.87. The molecule has 0 fully saturated rings. The van der Waals surface area contributed by atoms with Gasteiger partial charge in [-0.2, -0.15) is 33.7 Å². The molecule has 436 valence electrons. The number of carbonyl (C=O) groups is 4. The standard InChI is InChI=1S/C57H53F2N15O7S4/c1-9-73(10-2)38-20-22-44(69-71-53-43(31-60)50(85(79,80)81)49(84-53)30-42(33(7)76)52(78)63-37-19-15-17-35(59)25-37)46(26-38)64-55-66-56(68-57(67-55)82-13-5)65-47-27-39(74(11-3)12-4)21-23-45(47)70-72-54-48(61-8)29-40(83-54)28-41(32(6)75)51(77)62-36-18-14-16-34(58)24-36/h14-30H,9-13H2,1-7H3,(H,62,77)(H,63,78)(H,79,80,81)(H2,64,65,66,67,68)/b41-28+,42-30-,71-69?,72-70?. The van der Waals surface area contributed by atoms with Crippen LogP contribution in [0, 0.1) is 29.5 Å². The molecule has 0 saturated heterocycles. The van der Waals surface area contributed by atoms with Crippen molar-refractivity contribution in [1.29, 1.82) is 5.26 Å². The van der Waals surface area contributed by atoms with Gasteiger partial charge in [0.05, 0.1) is 34.0 Å². The van der Waals surface area contributed by atoms with Crippen molar-refractivity contribution < 1.29 is 40.9 Å². The Morgan fingerprint density at radius 3 is 1.64 bits per heavy atom. The monoisotopic (exact) mass is 1230 g/mol. The lowest BCUT2D eigenvalue weighted by atomic mass is 10.1. The van der Waals surface area contributed by atoms with Crippen molar-refractivity contribution in [3.05, 3.63) is 141 Å².